The second kappa shape index (κ2) is 4.69. The fourth-order valence-electron chi connectivity index (χ4n) is 0.588. The Hall–Kier alpha value is -0.460. The molecular formula is C7H15N. The van der Waals surface area contributed by atoms with Gasteiger partial charge in [0.2, 0.25) is 0 Å². The van der Waals surface area contributed by atoms with Crippen LogP contribution in [0.3, 0.4) is 0 Å². The van der Waals surface area contributed by atoms with E-state index in [1.807, 2.05) is 13.8 Å². The molecule has 0 amide bonds. The molecule has 1 aliphatic heterocycles. The number of nitrogens with one attached hydrogen (secondary N) is 1. The molecule has 0 aromatic carbocycles. The van der Waals surface area contributed by atoms with Crippen LogP contribution in [0.2, 0.25) is 0 Å². The molecule has 0 unspecified atom stereocenters. The molecule has 0 bridgehead atoms. The third-order valence-electron chi connectivity index (χ3n) is 1.01. The monoisotopic (exact) mass is 113 g/mol. The van der Waals surface area contributed by atoms with Crippen molar-refractivity contribution >= 4 is 0 Å². The van der Waals surface area contributed by atoms with E-state index in [-0.39, 0.29) is 0 Å². The molecule has 0 spiro atoms. The Morgan fingerprint density at radius 3 is 2.25 bits per heavy atom. The normalized spacial score (nSPS) is 15.6. The predicted molar refractivity (Wildman–Crippen MR) is 37.7 cm³/mol. The molecule has 1 nitrogen and oxygen atoms in total. The van der Waals surface area contributed by atoms with E-state index in [0.717, 1.165) is 6.54 Å². The molecule has 0 saturated carbocycles. The lowest BCUT2D eigenvalue weighted by atomic mass is 10.3. The Morgan fingerprint density at radius 2 is 2.12 bits per heavy atom. The molecule has 8 heavy (non-hydrogen) atoms. The number of hydrogen-bond acceptors (Lipinski definition) is 1. The van der Waals surface area contributed by atoms with Crippen LogP contribution in [0.25, 0.3) is 0 Å². The average molecular weight is 113 g/mol. The Bertz CT molecular complexity index is 74.5. The van der Waals surface area contributed by atoms with Crippen LogP contribution in [-0.4, -0.2) is 6.54 Å². The summed E-state index contributed by atoms with van der Waals surface area (Å²) < 4.78 is 0. The highest BCUT2D eigenvalue weighted by Gasteiger charge is 1.93. The largest absolute Gasteiger partial charge is 0.391 e. The third kappa shape index (κ3) is 2.67. The van der Waals surface area contributed by atoms with Crippen molar-refractivity contribution in [3.63, 3.8) is 0 Å². The zero-order valence-corrected chi connectivity index (χ0v) is 5.99. The summed E-state index contributed by atoms with van der Waals surface area (Å²) >= 11 is 0. The molecule has 0 saturated heterocycles. The van der Waals surface area contributed by atoms with Crippen molar-refractivity contribution in [3.05, 3.63) is 11.8 Å². The zero-order valence-electron chi connectivity index (χ0n) is 5.99. The lowest BCUT2D eigenvalue weighted by Crippen LogP contribution is -1.96. The van der Waals surface area contributed by atoms with E-state index >= 15 is 0 Å². The lowest BCUT2D eigenvalue weighted by molar-refractivity contribution is 0.905. The van der Waals surface area contributed by atoms with Gasteiger partial charge in [-0.25, -0.2) is 0 Å². The van der Waals surface area contributed by atoms with Gasteiger partial charge in [-0.3, -0.25) is 0 Å². The van der Waals surface area contributed by atoms with Crippen LogP contribution in [0.15, 0.2) is 11.8 Å². The van der Waals surface area contributed by atoms with Crippen molar-refractivity contribution in [3.8, 4) is 0 Å². The van der Waals surface area contributed by atoms with Crippen molar-refractivity contribution in [2.24, 2.45) is 0 Å². The second-order valence-electron chi connectivity index (χ2n) is 1.69. The maximum atomic E-state index is 3.11. The summed E-state index contributed by atoms with van der Waals surface area (Å²) in [6.45, 7) is 7.28. The van der Waals surface area contributed by atoms with E-state index in [4.69, 9.17) is 0 Å². The minimum Gasteiger partial charge on any atom is -0.391 e. The number of hydrogen-bond donors (Lipinski definition) is 1. The molecule has 1 N–H and O–H groups in total. The molecular weight excluding hydrogens is 98.1 g/mol. The van der Waals surface area contributed by atoms with Gasteiger partial charge in [-0.2, -0.15) is 0 Å². The third-order valence-corrected chi connectivity index (χ3v) is 1.01. The van der Waals surface area contributed by atoms with E-state index in [9.17, 15) is 0 Å². The SMILES string of the molecule is CC.CC1=CNCC1. The topological polar surface area (TPSA) is 12.0 Å². The molecule has 1 heterocycles. The molecule has 0 radical (unpaired) electrons. The molecule has 0 atom stereocenters. The highest BCUT2D eigenvalue weighted by atomic mass is 14.8. The minimum absolute atomic E-state index is 1.14. The summed E-state index contributed by atoms with van der Waals surface area (Å²) in [6, 6.07) is 0. The lowest BCUT2D eigenvalue weighted by Gasteiger charge is -1.79. The van der Waals surface area contributed by atoms with Gasteiger partial charge in [0.1, 0.15) is 0 Å². The summed E-state index contributed by atoms with van der Waals surface area (Å²) in [7, 11) is 0. The van der Waals surface area contributed by atoms with E-state index in [1.165, 1.54) is 12.0 Å². The zero-order chi connectivity index (χ0) is 6.41. The smallest absolute Gasteiger partial charge is 0.0179 e. The molecule has 1 heteroatoms. The molecule has 1 rings (SSSR count). The van der Waals surface area contributed by atoms with Gasteiger partial charge < -0.3 is 5.32 Å². The van der Waals surface area contributed by atoms with E-state index < -0.39 is 0 Å². The van der Waals surface area contributed by atoms with Gasteiger partial charge in [-0.15, -0.1) is 0 Å². The molecule has 0 aliphatic carbocycles. The highest BCUT2D eigenvalue weighted by molar-refractivity contribution is 5.02. The highest BCUT2D eigenvalue weighted by Crippen LogP contribution is 2.00. The van der Waals surface area contributed by atoms with E-state index in [2.05, 4.69) is 18.4 Å². The first-order valence-electron chi connectivity index (χ1n) is 3.28. The van der Waals surface area contributed by atoms with Crippen LogP contribution in [0.4, 0.5) is 0 Å². The van der Waals surface area contributed by atoms with Gasteiger partial charge >= 0.3 is 0 Å². The molecule has 48 valence electrons. The first-order valence-corrected chi connectivity index (χ1v) is 3.28. The van der Waals surface area contributed by atoms with Crippen LogP contribution < -0.4 is 5.32 Å². The quantitative estimate of drug-likeness (QED) is 0.506. The summed E-state index contributed by atoms with van der Waals surface area (Å²) in [5.41, 5.74) is 1.47. The van der Waals surface area contributed by atoms with Crippen molar-refractivity contribution < 1.29 is 0 Å². The van der Waals surface area contributed by atoms with Crippen molar-refractivity contribution in [1.29, 1.82) is 0 Å². The van der Waals surface area contributed by atoms with Gasteiger partial charge in [0.15, 0.2) is 0 Å². The van der Waals surface area contributed by atoms with Gasteiger partial charge in [0.25, 0.3) is 0 Å². The fourth-order valence-corrected chi connectivity index (χ4v) is 0.588. The van der Waals surface area contributed by atoms with Crippen molar-refractivity contribution in [2.75, 3.05) is 6.54 Å². The summed E-state index contributed by atoms with van der Waals surface area (Å²) in [4.78, 5) is 0. The van der Waals surface area contributed by atoms with Crippen LogP contribution in [0, 0.1) is 0 Å². The molecule has 0 aromatic rings. The van der Waals surface area contributed by atoms with Crippen molar-refractivity contribution in [1.82, 2.24) is 5.32 Å². The molecule has 0 aromatic heterocycles. The maximum absolute atomic E-state index is 3.11. The maximum Gasteiger partial charge on any atom is 0.0179 e. The predicted octanol–water partition coefficient (Wildman–Crippen LogP) is 1.91. The van der Waals surface area contributed by atoms with Crippen LogP contribution in [0.1, 0.15) is 27.2 Å². The van der Waals surface area contributed by atoms with Gasteiger partial charge in [-0.05, 0) is 19.5 Å². The van der Waals surface area contributed by atoms with E-state index in [0.29, 0.717) is 0 Å². The van der Waals surface area contributed by atoms with E-state index in [1.54, 1.807) is 0 Å². The second-order valence-corrected chi connectivity index (χ2v) is 1.69. The summed E-state index contributed by atoms with van der Waals surface area (Å²) in [5, 5.41) is 3.11. The standard InChI is InChI=1S/C5H9N.C2H6/c1-5-2-3-6-4-5;1-2/h4,6H,2-3H2,1H3;1-2H3. The first kappa shape index (κ1) is 7.54. The summed E-state index contributed by atoms with van der Waals surface area (Å²) in [6.07, 6.45) is 3.31. The van der Waals surface area contributed by atoms with Gasteiger partial charge in [0, 0.05) is 6.54 Å². The number of rotatable bonds is 0. The first-order chi connectivity index (χ1) is 3.89. The summed E-state index contributed by atoms with van der Waals surface area (Å²) in [5.74, 6) is 0. The Morgan fingerprint density at radius 1 is 1.50 bits per heavy atom. The molecule has 1 aliphatic rings. The van der Waals surface area contributed by atoms with Gasteiger partial charge in [-0.1, -0.05) is 19.4 Å². The van der Waals surface area contributed by atoms with Crippen LogP contribution in [0.5, 0.6) is 0 Å². The minimum atomic E-state index is 1.14. The Balaban J connectivity index is 0.000000222. The van der Waals surface area contributed by atoms with Crippen LogP contribution in [-0.2, 0) is 0 Å². The molecule has 0 fully saturated rings. The average Bonchev–Trinajstić information content (AvgIpc) is 2.24. The Labute approximate surface area is 51.8 Å². The van der Waals surface area contributed by atoms with Crippen molar-refractivity contribution in [2.45, 2.75) is 27.2 Å². The van der Waals surface area contributed by atoms with Crippen LogP contribution >= 0.6 is 0 Å². The fraction of sp³-hybridized carbons (Fsp3) is 0.714. The Kier molecular flexibility index (Phi) is 4.42. The van der Waals surface area contributed by atoms with Gasteiger partial charge in [0.05, 0.1) is 0 Å².